The van der Waals surface area contributed by atoms with Crippen molar-refractivity contribution in [1.29, 1.82) is 0 Å². The number of benzene rings is 2. The number of hydrogen-bond donors (Lipinski definition) is 0. The number of carbonyl (C=O) groups is 1. The Balaban J connectivity index is 1.51. The zero-order valence-corrected chi connectivity index (χ0v) is 14.8. The molecule has 1 fully saturated rings. The van der Waals surface area contributed by atoms with Gasteiger partial charge in [0.2, 0.25) is 5.91 Å². The molecule has 0 aromatic heterocycles. The Morgan fingerprint density at radius 1 is 1.12 bits per heavy atom. The summed E-state index contributed by atoms with van der Waals surface area (Å²) in [5.41, 5.74) is 3.84. The lowest BCUT2D eigenvalue weighted by Crippen LogP contribution is -2.34. The first-order chi connectivity index (χ1) is 12.3. The van der Waals surface area contributed by atoms with Crippen LogP contribution in [0, 0.1) is 0 Å². The topological polar surface area (TPSA) is 29.5 Å². The third-order valence-corrected chi connectivity index (χ3v) is 5.73. The summed E-state index contributed by atoms with van der Waals surface area (Å²) < 4.78 is 5.34. The van der Waals surface area contributed by atoms with Gasteiger partial charge in [0.1, 0.15) is 5.75 Å². The van der Waals surface area contributed by atoms with E-state index in [9.17, 15) is 4.79 Å². The van der Waals surface area contributed by atoms with E-state index in [-0.39, 0.29) is 5.92 Å². The number of hydrogen-bond acceptors (Lipinski definition) is 2. The number of fused-ring (bicyclic) bond motifs is 1. The van der Waals surface area contributed by atoms with Gasteiger partial charge in [-0.25, -0.2) is 0 Å². The normalized spacial score (nSPS) is 22.5. The highest BCUT2D eigenvalue weighted by Crippen LogP contribution is 2.37. The number of likely N-dealkylation sites (tertiary alicyclic amines) is 1. The second kappa shape index (κ2) is 6.91. The zero-order chi connectivity index (χ0) is 17.2. The van der Waals surface area contributed by atoms with Crippen LogP contribution in [0.3, 0.4) is 0 Å². The van der Waals surface area contributed by atoms with Crippen molar-refractivity contribution in [3.8, 4) is 5.75 Å². The zero-order valence-electron chi connectivity index (χ0n) is 14.8. The lowest BCUT2D eigenvalue weighted by molar-refractivity contribution is -0.132. The quantitative estimate of drug-likeness (QED) is 0.844. The Morgan fingerprint density at radius 3 is 2.76 bits per heavy atom. The van der Waals surface area contributed by atoms with Gasteiger partial charge in [-0.1, -0.05) is 36.4 Å². The van der Waals surface area contributed by atoms with Gasteiger partial charge in [-0.3, -0.25) is 4.79 Å². The molecule has 2 atom stereocenters. The minimum absolute atomic E-state index is 0.0178. The molecule has 0 bridgehead atoms. The predicted molar refractivity (Wildman–Crippen MR) is 99.1 cm³/mol. The van der Waals surface area contributed by atoms with E-state index in [2.05, 4.69) is 47.4 Å². The lowest BCUT2D eigenvalue weighted by Gasteiger charge is -2.29. The average Bonchev–Trinajstić information content (AvgIpc) is 3.17. The molecule has 0 saturated carbocycles. The van der Waals surface area contributed by atoms with Crippen molar-refractivity contribution in [1.82, 2.24) is 4.90 Å². The largest absolute Gasteiger partial charge is 0.497 e. The number of aryl methyl sites for hydroxylation is 1. The molecule has 3 heteroatoms. The number of amides is 1. The van der Waals surface area contributed by atoms with E-state index in [0.717, 1.165) is 44.5 Å². The minimum atomic E-state index is 0.0178. The van der Waals surface area contributed by atoms with Crippen LogP contribution in [0.1, 0.15) is 47.8 Å². The van der Waals surface area contributed by atoms with E-state index in [4.69, 9.17) is 4.74 Å². The van der Waals surface area contributed by atoms with E-state index in [1.165, 1.54) is 16.7 Å². The van der Waals surface area contributed by atoms with E-state index < -0.39 is 0 Å². The first-order valence-corrected chi connectivity index (χ1v) is 9.27. The maximum atomic E-state index is 13.2. The molecular formula is C22H25NO2. The summed E-state index contributed by atoms with van der Waals surface area (Å²) in [5.74, 6) is 1.69. The molecule has 1 saturated heterocycles. The molecule has 1 aliphatic carbocycles. The Kier molecular flexibility index (Phi) is 4.48. The summed E-state index contributed by atoms with van der Waals surface area (Å²) in [5, 5.41) is 0. The summed E-state index contributed by atoms with van der Waals surface area (Å²) in [6.07, 6.45) is 4.15. The molecule has 0 spiro atoms. The summed E-state index contributed by atoms with van der Waals surface area (Å²) in [6, 6.07) is 16.8. The van der Waals surface area contributed by atoms with Crippen molar-refractivity contribution in [3.63, 3.8) is 0 Å². The molecule has 25 heavy (non-hydrogen) atoms. The number of ether oxygens (including phenoxy) is 1. The van der Waals surface area contributed by atoms with Gasteiger partial charge in [-0.05, 0) is 54.5 Å². The summed E-state index contributed by atoms with van der Waals surface area (Å²) in [4.78, 5) is 15.3. The monoisotopic (exact) mass is 335 g/mol. The molecule has 4 rings (SSSR count). The fourth-order valence-corrected chi connectivity index (χ4v) is 4.35. The maximum absolute atomic E-state index is 13.2. The Hall–Kier alpha value is -2.29. The van der Waals surface area contributed by atoms with Crippen LogP contribution in [0.5, 0.6) is 5.75 Å². The third kappa shape index (κ3) is 3.15. The van der Waals surface area contributed by atoms with Gasteiger partial charge in [0.25, 0.3) is 0 Å². The Labute approximate surface area is 149 Å². The molecule has 1 heterocycles. The first kappa shape index (κ1) is 16.2. The van der Waals surface area contributed by atoms with Crippen LogP contribution in [-0.4, -0.2) is 31.0 Å². The third-order valence-electron chi connectivity index (χ3n) is 5.73. The molecule has 0 radical (unpaired) electrons. The summed E-state index contributed by atoms with van der Waals surface area (Å²) >= 11 is 0. The smallest absolute Gasteiger partial charge is 0.230 e. The lowest BCUT2D eigenvalue weighted by atomic mass is 9.82. The molecule has 2 unspecified atom stereocenters. The van der Waals surface area contributed by atoms with Crippen molar-refractivity contribution < 1.29 is 9.53 Å². The maximum Gasteiger partial charge on any atom is 0.230 e. The van der Waals surface area contributed by atoms with Crippen LogP contribution >= 0.6 is 0 Å². The highest BCUT2D eigenvalue weighted by molar-refractivity contribution is 5.85. The predicted octanol–water partition coefficient (Wildman–Crippen LogP) is 4.13. The van der Waals surface area contributed by atoms with Gasteiger partial charge >= 0.3 is 0 Å². The van der Waals surface area contributed by atoms with Crippen molar-refractivity contribution in [2.24, 2.45) is 0 Å². The van der Waals surface area contributed by atoms with Crippen molar-refractivity contribution >= 4 is 5.91 Å². The van der Waals surface area contributed by atoms with Crippen LogP contribution in [0.4, 0.5) is 0 Å². The molecule has 3 nitrogen and oxygen atoms in total. The van der Waals surface area contributed by atoms with Gasteiger partial charge in [-0.2, -0.15) is 0 Å². The molecule has 130 valence electrons. The molecular weight excluding hydrogens is 310 g/mol. The van der Waals surface area contributed by atoms with Crippen LogP contribution in [0.25, 0.3) is 0 Å². The molecule has 2 aromatic rings. The van der Waals surface area contributed by atoms with Crippen molar-refractivity contribution in [3.05, 3.63) is 65.2 Å². The Morgan fingerprint density at radius 2 is 1.96 bits per heavy atom. The highest BCUT2D eigenvalue weighted by atomic mass is 16.5. The standard InChI is InChI=1S/C22H25NO2/c1-25-19-10-11-20-17(14-19)8-5-9-21(20)22(24)23-13-12-18(15-23)16-6-3-2-4-7-16/h2-4,6-7,10-11,14,18,21H,5,8-9,12-13,15H2,1H3. The second-order valence-corrected chi connectivity index (χ2v) is 7.19. The molecule has 2 aliphatic rings. The Bertz CT molecular complexity index is 756. The average molecular weight is 335 g/mol. The van der Waals surface area contributed by atoms with Gasteiger partial charge in [0, 0.05) is 19.0 Å². The number of carbonyl (C=O) groups excluding carboxylic acids is 1. The number of nitrogens with zero attached hydrogens (tertiary/aromatic N) is 1. The molecule has 1 aliphatic heterocycles. The number of rotatable bonds is 3. The van der Waals surface area contributed by atoms with Crippen molar-refractivity contribution in [2.45, 2.75) is 37.5 Å². The van der Waals surface area contributed by atoms with Crippen LogP contribution in [0.15, 0.2) is 48.5 Å². The van der Waals surface area contributed by atoms with E-state index in [0.29, 0.717) is 11.8 Å². The summed E-state index contributed by atoms with van der Waals surface area (Å²) in [7, 11) is 1.70. The van der Waals surface area contributed by atoms with Crippen LogP contribution < -0.4 is 4.74 Å². The highest BCUT2D eigenvalue weighted by Gasteiger charge is 2.34. The molecule has 0 N–H and O–H groups in total. The fraction of sp³-hybridized carbons (Fsp3) is 0.409. The van der Waals surface area contributed by atoms with E-state index >= 15 is 0 Å². The molecule has 1 amide bonds. The fourth-order valence-electron chi connectivity index (χ4n) is 4.35. The second-order valence-electron chi connectivity index (χ2n) is 7.19. The van der Waals surface area contributed by atoms with Crippen LogP contribution in [0.2, 0.25) is 0 Å². The minimum Gasteiger partial charge on any atom is -0.497 e. The first-order valence-electron chi connectivity index (χ1n) is 9.27. The van der Waals surface area contributed by atoms with Gasteiger partial charge in [0.05, 0.1) is 13.0 Å². The number of methoxy groups -OCH3 is 1. The van der Waals surface area contributed by atoms with Gasteiger partial charge < -0.3 is 9.64 Å². The van der Waals surface area contributed by atoms with Crippen LogP contribution in [-0.2, 0) is 11.2 Å². The van der Waals surface area contributed by atoms with E-state index in [1.807, 2.05) is 6.07 Å². The van der Waals surface area contributed by atoms with Gasteiger partial charge in [0.15, 0.2) is 0 Å². The van der Waals surface area contributed by atoms with Crippen molar-refractivity contribution in [2.75, 3.05) is 20.2 Å². The SMILES string of the molecule is COc1ccc2c(c1)CCCC2C(=O)N1CCC(c2ccccc2)C1. The van der Waals surface area contributed by atoms with E-state index in [1.54, 1.807) is 7.11 Å². The van der Waals surface area contributed by atoms with Gasteiger partial charge in [-0.15, -0.1) is 0 Å². The molecule has 2 aromatic carbocycles. The summed E-state index contributed by atoms with van der Waals surface area (Å²) in [6.45, 7) is 1.73.